The second-order valence-corrected chi connectivity index (χ2v) is 13.5. The lowest BCUT2D eigenvalue weighted by atomic mass is 9.73. The van der Waals surface area contributed by atoms with Crippen molar-refractivity contribution < 1.29 is 15.0 Å². The zero-order valence-corrected chi connectivity index (χ0v) is 25.7. The van der Waals surface area contributed by atoms with Gasteiger partial charge in [-0.15, -0.1) is 0 Å². The van der Waals surface area contributed by atoms with E-state index in [1.54, 1.807) is 0 Å². The molecule has 0 bridgehead atoms. The van der Waals surface area contributed by atoms with Crippen LogP contribution in [0.2, 0.25) is 0 Å². The maximum absolute atomic E-state index is 12.6. The number of aryl methyl sites for hydroxylation is 1. The lowest BCUT2D eigenvalue weighted by Crippen LogP contribution is -2.37. The van der Waals surface area contributed by atoms with Crippen LogP contribution in [-0.4, -0.2) is 50.5 Å². The molecule has 6 nitrogen and oxygen atoms in total. The third-order valence-corrected chi connectivity index (χ3v) is 10.9. The molecule has 3 fully saturated rings. The molecule has 2 saturated carbocycles. The molecule has 2 aliphatic carbocycles. The summed E-state index contributed by atoms with van der Waals surface area (Å²) in [6.07, 6.45) is 9.28. The molecule has 0 spiro atoms. The molecule has 1 aromatic heterocycles. The summed E-state index contributed by atoms with van der Waals surface area (Å²) in [7, 11) is 0. The zero-order valence-electron chi connectivity index (χ0n) is 25.7. The number of rotatable bonds is 10. The third kappa shape index (κ3) is 6.76. The molecule has 2 aromatic carbocycles. The highest BCUT2D eigenvalue weighted by Crippen LogP contribution is 2.50. The van der Waals surface area contributed by atoms with Gasteiger partial charge < -0.3 is 15.1 Å². The number of hydrogen-bond donors (Lipinski definition) is 2. The topological polar surface area (TPSA) is 78.6 Å². The van der Waals surface area contributed by atoms with Gasteiger partial charge in [0.2, 0.25) is 0 Å². The molecule has 3 aromatic rings. The van der Waals surface area contributed by atoms with Crippen LogP contribution < -0.4 is 0 Å². The molecule has 5 atom stereocenters. The number of hydrogen-bond acceptors (Lipinski definition) is 4. The minimum absolute atomic E-state index is 0.197. The summed E-state index contributed by atoms with van der Waals surface area (Å²) in [4.78, 5) is 15.3. The van der Waals surface area contributed by atoms with Crippen LogP contribution in [0.5, 0.6) is 0 Å². The SMILES string of the molecule is CCn1nc(C(O)c2ccccc2)cc1C1CCN(CC2CC(C(C(=O)O)C3CCCCC3)CC2c2ccccc2)CC1. The molecule has 5 unspecified atom stereocenters. The first-order valence-electron chi connectivity index (χ1n) is 16.8. The lowest BCUT2D eigenvalue weighted by Gasteiger charge is -2.35. The van der Waals surface area contributed by atoms with Crippen molar-refractivity contribution in [3.05, 3.63) is 89.2 Å². The monoisotopic (exact) mass is 583 g/mol. The molecule has 6 rings (SSSR count). The van der Waals surface area contributed by atoms with Gasteiger partial charge in [0.15, 0.2) is 0 Å². The third-order valence-electron chi connectivity index (χ3n) is 10.9. The highest BCUT2D eigenvalue weighted by atomic mass is 16.4. The summed E-state index contributed by atoms with van der Waals surface area (Å²) < 4.78 is 2.09. The molecule has 3 aliphatic rings. The van der Waals surface area contributed by atoms with E-state index in [4.69, 9.17) is 5.10 Å². The number of likely N-dealkylation sites (tertiary alicyclic amines) is 1. The van der Waals surface area contributed by atoms with Crippen molar-refractivity contribution in [1.29, 1.82) is 0 Å². The maximum Gasteiger partial charge on any atom is 0.307 e. The molecule has 230 valence electrons. The normalized spacial score (nSPS) is 25.5. The molecule has 43 heavy (non-hydrogen) atoms. The number of carbonyl (C=O) groups is 1. The fraction of sp³-hybridized carbons (Fsp3) is 0.568. The first-order chi connectivity index (χ1) is 21.0. The molecule has 6 heteroatoms. The molecule has 2 N–H and O–H groups in total. The number of benzene rings is 2. The number of piperidine rings is 1. The predicted octanol–water partition coefficient (Wildman–Crippen LogP) is 7.26. The molecule has 0 amide bonds. The number of aliphatic hydroxyl groups is 1. The molecular weight excluding hydrogens is 534 g/mol. The average molecular weight is 584 g/mol. The lowest BCUT2D eigenvalue weighted by molar-refractivity contribution is -0.146. The number of carboxylic acids is 1. The Morgan fingerprint density at radius 3 is 2.23 bits per heavy atom. The van der Waals surface area contributed by atoms with Crippen LogP contribution in [-0.2, 0) is 11.3 Å². The van der Waals surface area contributed by atoms with E-state index in [0.717, 1.165) is 76.0 Å². The fourth-order valence-electron chi connectivity index (χ4n) is 8.77. The summed E-state index contributed by atoms with van der Waals surface area (Å²) in [6, 6.07) is 22.8. The summed E-state index contributed by atoms with van der Waals surface area (Å²) in [5, 5.41) is 26.2. The standard InChI is InChI=1S/C37H49N3O3/c1-2-40-34(24-33(38-40)36(41)29-16-10-5-11-17-29)27-18-20-39(21-19-27)25-31-22-30(23-32(31)26-12-6-3-7-13-26)35(37(42)43)28-14-8-4-9-15-28/h3,5-7,10-13,16-17,24,27-28,30-32,35-36,41H,2,4,8-9,14-15,18-23,25H2,1H3,(H,42,43). The highest BCUT2D eigenvalue weighted by Gasteiger charge is 2.45. The van der Waals surface area contributed by atoms with Crippen LogP contribution >= 0.6 is 0 Å². The molecular formula is C37H49N3O3. The summed E-state index contributed by atoms with van der Waals surface area (Å²) in [5.41, 5.74) is 4.24. The average Bonchev–Trinajstić information content (AvgIpc) is 3.67. The quantitative estimate of drug-likeness (QED) is 0.263. The van der Waals surface area contributed by atoms with Crippen LogP contribution in [0.4, 0.5) is 0 Å². The van der Waals surface area contributed by atoms with Crippen molar-refractivity contribution >= 4 is 5.97 Å². The molecule has 1 aliphatic heterocycles. The van der Waals surface area contributed by atoms with Gasteiger partial charge in [-0.05, 0) is 99.4 Å². The Balaban J connectivity index is 1.13. The number of nitrogens with zero attached hydrogens (tertiary/aromatic N) is 3. The van der Waals surface area contributed by atoms with Gasteiger partial charge in [0.25, 0.3) is 0 Å². The van der Waals surface area contributed by atoms with Gasteiger partial charge in [-0.1, -0.05) is 79.9 Å². The van der Waals surface area contributed by atoms with Gasteiger partial charge in [0, 0.05) is 24.7 Å². The first kappa shape index (κ1) is 30.1. The minimum atomic E-state index is -0.707. The Labute approximate surface area is 257 Å². The summed E-state index contributed by atoms with van der Waals surface area (Å²) in [6.45, 7) is 6.06. The van der Waals surface area contributed by atoms with E-state index in [1.165, 1.54) is 30.5 Å². The Morgan fingerprint density at radius 1 is 0.907 bits per heavy atom. The second kappa shape index (κ2) is 13.8. The largest absolute Gasteiger partial charge is 0.481 e. The Kier molecular flexibility index (Phi) is 9.64. The molecule has 2 heterocycles. The van der Waals surface area contributed by atoms with Gasteiger partial charge in [-0.2, -0.15) is 5.10 Å². The number of aliphatic carboxylic acids is 1. The van der Waals surface area contributed by atoms with Gasteiger partial charge in [0.05, 0.1) is 11.6 Å². The van der Waals surface area contributed by atoms with Gasteiger partial charge in [-0.3, -0.25) is 9.48 Å². The number of carboxylic acid groups (broad SMARTS) is 1. The van der Waals surface area contributed by atoms with Crippen LogP contribution in [0.3, 0.4) is 0 Å². The summed E-state index contributed by atoms with van der Waals surface area (Å²) in [5.74, 6) is 1.20. The van der Waals surface area contributed by atoms with Crippen molar-refractivity contribution in [2.24, 2.45) is 23.7 Å². The first-order valence-corrected chi connectivity index (χ1v) is 16.8. The van der Waals surface area contributed by atoms with Crippen LogP contribution in [0.25, 0.3) is 0 Å². The van der Waals surface area contributed by atoms with E-state index in [9.17, 15) is 15.0 Å². The Bertz CT molecular complexity index is 1310. The van der Waals surface area contributed by atoms with Crippen molar-refractivity contribution in [3.63, 3.8) is 0 Å². The van der Waals surface area contributed by atoms with E-state index in [2.05, 4.69) is 52.9 Å². The maximum atomic E-state index is 12.6. The van der Waals surface area contributed by atoms with E-state index in [1.807, 2.05) is 30.3 Å². The Morgan fingerprint density at radius 2 is 1.58 bits per heavy atom. The van der Waals surface area contributed by atoms with Gasteiger partial charge in [0.1, 0.15) is 6.10 Å². The van der Waals surface area contributed by atoms with Crippen LogP contribution in [0.1, 0.15) is 105 Å². The second-order valence-electron chi connectivity index (χ2n) is 13.5. The van der Waals surface area contributed by atoms with E-state index < -0.39 is 12.1 Å². The minimum Gasteiger partial charge on any atom is -0.481 e. The molecule has 0 radical (unpaired) electrons. The van der Waals surface area contributed by atoms with Crippen LogP contribution in [0, 0.1) is 23.7 Å². The van der Waals surface area contributed by atoms with E-state index in [-0.39, 0.29) is 11.8 Å². The number of aromatic nitrogens is 2. The number of aliphatic hydroxyl groups excluding tert-OH is 1. The van der Waals surface area contributed by atoms with Gasteiger partial charge >= 0.3 is 5.97 Å². The Hall–Kier alpha value is -2.96. The fourth-order valence-corrected chi connectivity index (χ4v) is 8.77. The smallest absolute Gasteiger partial charge is 0.307 e. The summed E-state index contributed by atoms with van der Waals surface area (Å²) >= 11 is 0. The van der Waals surface area contributed by atoms with Crippen molar-refractivity contribution in [2.45, 2.75) is 89.2 Å². The predicted molar refractivity (Wildman–Crippen MR) is 170 cm³/mol. The zero-order chi connectivity index (χ0) is 29.8. The van der Waals surface area contributed by atoms with Gasteiger partial charge in [-0.25, -0.2) is 0 Å². The van der Waals surface area contributed by atoms with Crippen molar-refractivity contribution in [2.75, 3.05) is 19.6 Å². The molecule has 1 saturated heterocycles. The van der Waals surface area contributed by atoms with Crippen LogP contribution in [0.15, 0.2) is 66.7 Å². The van der Waals surface area contributed by atoms with Crippen molar-refractivity contribution in [1.82, 2.24) is 14.7 Å². The van der Waals surface area contributed by atoms with E-state index >= 15 is 0 Å². The van der Waals surface area contributed by atoms with Crippen molar-refractivity contribution in [3.8, 4) is 0 Å². The van der Waals surface area contributed by atoms with E-state index in [0.29, 0.717) is 23.7 Å². The highest BCUT2D eigenvalue weighted by molar-refractivity contribution is 5.71.